The Morgan fingerprint density at radius 3 is 1.76 bits per heavy atom. The molecule has 0 atom stereocenters. The van der Waals surface area contributed by atoms with Crippen LogP contribution in [0.15, 0.2) is 0 Å². The summed E-state index contributed by atoms with van der Waals surface area (Å²) in [5.74, 6) is 0. The lowest BCUT2D eigenvalue weighted by Crippen LogP contribution is -2.37. The van der Waals surface area contributed by atoms with E-state index in [2.05, 4.69) is 12.6 Å². The monoisotopic (exact) mass is 330 g/mol. The summed E-state index contributed by atoms with van der Waals surface area (Å²) in [6, 6.07) is 0. The maximum Gasteiger partial charge on any atom is 0.396 e. The van der Waals surface area contributed by atoms with Crippen LogP contribution in [-0.4, -0.2) is 37.4 Å². The quantitative estimate of drug-likeness (QED) is 0.486. The third-order valence-corrected chi connectivity index (χ3v) is 3.23. The second-order valence-electron chi connectivity index (χ2n) is 7.65. The Bertz CT molecular complexity index is 307. The molecule has 0 heterocycles. The van der Waals surface area contributed by atoms with Gasteiger partial charge in [0.25, 0.3) is 0 Å². The summed E-state index contributed by atoms with van der Waals surface area (Å²) in [6.07, 6.45) is -3.53. The molecule has 0 aliphatic carbocycles. The van der Waals surface area contributed by atoms with Crippen LogP contribution in [0.3, 0.4) is 0 Å². The van der Waals surface area contributed by atoms with Crippen LogP contribution in [0.5, 0.6) is 0 Å². The first-order chi connectivity index (χ1) is 9.16. The van der Waals surface area contributed by atoms with E-state index in [1.807, 2.05) is 27.7 Å². The number of alkyl halides is 3. The van der Waals surface area contributed by atoms with E-state index in [0.29, 0.717) is 13.2 Å². The van der Waals surface area contributed by atoms with E-state index in [1.165, 1.54) is 0 Å². The highest BCUT2D eigenvalue weighted by Gasteiger charge is 2.47. The molecule has 0 rings (SSSR count). The third-order valence-electron chi connectivity index (χ3n) is 3.10. The molecule has 0 aliphatic heterocycles. The number of ether oxygens (including phenoxy) is 2. The number of rotatable bonds is 9. The van der Waals surface area contributed by atoms with Gasteiger partial charge < -0.3 is 9.47 Å². The summed E-state index contributed by atoms with van der Waals surface area (Å²) in [7, 11) is 0. The van der Waals surface area contributed by atoms with Gasteiger partial charge in [0, 0.05) is 11.4 Å². The number of hydrogen-bond acceptors (Lipinski definition) is 3. The van der Waals surface area contributed by atoms with Crippen LogP contribution in [0, 0.1) is 10.8 Å². The standard InChI is InChI=1S/C15H29F3O2S/c1-12(2,7-8-19-11-14(5,6)21)9-20-10-13(3,4)15(16,17)18/h21H,7-11H2,1-6H3. The molecule has 0 spiro atoms. The molecule has 0 N–H and O–H groups in total. The molecule has 0 bridgehead atoms. The minimum atomic E-state index is -4.25. The van der Waals surface area contributed by atoms with Crippen LogP contribution < -0.4 is 0 Å². The van der Waals surface area contributed by atoms with Crippen molar-refractivity contribution in [3.63, 3.8) is 0 Å². The maximum absolute atomic E-state index is 12.7. The van der Waals surface area contributed by atoms with Gasteiger partial charge in [-0.3, -0.25) is 0 Å². The predicted octanol–water partition coefficient (Wildman–Crippen LogP) is 4.73. The number of thiol groups is 1. The highest BCUT2D eigenvalue weighted by molar-refractivity contribution is 7.81. The first-order valence-corrected chi connectivity index (χ1v) is 7.56. The van der Waals surface area contributed by atoms with Crippen LogP contribution >= 0.6 is 12.6 Å². The van der Waals surface area contributed by atoms with Crippen molar-refractivity contribution in [1.82, 2.24) is 0 Å². The fraction of sp³-hybridized carbons (Fsp3) is 1.00. The summed E-state index contributed by atoms with van der Waals surface area (Å²) in [4.78, 5) is 0. The molecule has 0 unspecified atom stereocenters. The van der Waals surface area contributed by atoms with Crippen molar-refractivity contribution >= 4 is 12.6 Å². The van der Waals surface area contributed by atoms with E-state index in [0.717, 1.165) is 20.3 Å². The Morgan fingerprint density at radius 1 is 0.810 bits per heavy atom. The molecule has 6 heteroatoms. The zero-order valence-electron chi connectivity index (χ0n) is 13.9. The molecule has 0 radical (unpaired) electrons. The molecule has 2 nitrogen and oxygen atoms in total. The predicted molar refractivity (Wildman–Crippen MR) is 82.9 cm³/mol. The van der Waals surface area contributed by atoms with Crippen molar-refractivity contribution < 1.29 is 22.6 Å². The smallest absolute Gasteiger partial charge is 0.380 e. The van der Waals surface area contributed by atoms with E-state index in [1.54, 1.807) is 0 Å². The molecular weight excluding hydrogens is 301 g/mol. The normalized spacial score (nSPS) is 14.6. The highest BCUT2D eigenvalue weighted by Crippen LogP contribution is 2.38. The molecule has 0 amide bonds. The molecule has 0 aromatic rings. The van der Waals surface area contributed by atoms with Crippen LogP contribution in [-0.2, 0) is 9.47 Å². The molecule has 21 heavy (non-hydrogen) atoms. The SMILES string of the molecule is CC(C)(S)COCCC(C)(C)COCC(C)(C)C(F)(F)F. The van der Waals surface area contributed by atoms with E-state index in [-0.39, 0.29) is 23.4 Å². The van der Waals surface area contributed by atoms with Gasteiger partial charge in [-0.25, -0.2) is 0 Å². The second-order valence-corrected chi connectivity index (χ2v) is 8.86. The molecule has 0 saturated carbocycles. The van der Waals surface area contributed by atoms with Crippen molar-refractivity contribution in [2.45, 2.75) is 58.9 Å². The first kappa shape index (κ1) is 21.1. The van der Waals surface area contributed by atoms with E-state index >= 15 is 0 Å². The van der Waals surface area contributed by atoms with Crippen LogP contribution in [0.1, 0.15) is 48.0 Å². The number of halogens is 3. The van der Waals surface area contributed by atoms with Gasteiger partial charge in [0.2, 0.25) is 0 Å². The Morgan fingerprint density at radius 2 is 1.33 bits per heavy atom. The summed E-state index contributed by atoms with van der Waals surface area (Å²) in [6.45, 7) is 11.2. The van der Waals surface area contributed by atoms with Gasteiger partial charge >= 0.3 is 6.18 Å². The third kappa shape index (κ3) is 9.63. The van der Waals surface area contributed by atoms with Gasteiger partial charge in [-0.2, -0.15) is 25.8 Å². The molecule has 0 fully saturated rings. The van der Waals surface area contributed by atoms with Gasteiger partial charge in [0.15, 0.2) is 0 Å². The lowest BCUT2D eigenvalue weighted by molar-refractivity contribution is -0.229. The number of hydrogen-bond donors (Lipinski definition) is 1. The lowest BCUT2D eigenvalue weighted by Gasteiger charge is -2.30. The molecule has 0 aromatic heterocycles. The van der Waals surface area contributed by atoms with Crippen molar-refractivity contribution in [2.24, 2.45) is 10.8 Å². The largest absolute Gasteiger partial charge is 0.396 e. The Balaban J connectivity index is 4.03. The molecule has 0 aliphatic rings. The van der Waals surface area contributed by atoms with Crippen molar-refractivity contribution in [1.29, 1.82) is 0 Å². The molecule has 0 aromatic carbocycles. The second kappa shape index (κ2) is 7.55. The van der Waals surface area contributed by atoms with Crippen LogP contribution in [0.2, 0.25) is 0 Å². The lowest BCUT2D eigenvalue weighted by atomic mass is 9.90. The van der Waals surface area contributed by atoms with Crippen molar-refractivity contribution in [2.75, 3.05) is 26.4 Å². The van der Waals surface area contributed by atoms with E-state index in [9.17, 15) is 13.2 Å². The topological polar surface area (TPSA) is 18.5 Å². The van der Waals surface area contributed by atoms with Gasteiger partial charge in [0.1, 0.15) is 0 Å². The van der Waals surface area contributed by atoms with E-state index in [4.69, 9.17) is 9.47 Å². The van der Waals surface area contributed by atoms with Crippen LogP contribution in [0.4, 0.5) is 13.2 Å². The molecule has 128 valence electrons. The summed E-state index contributed by atoms with van der Waals surface area (Å²) in [5, 5.41) is 0. The first-order valence-electron chi connectivity index (χ1n) is 7.11. The zero-order valence-corrected chi connectivity index (χ0v) is 14.8. The zero-order chi connectivity index (χ0) is 16.9. The van der Waals surface area contributed by atoms with Crippen LogP contribution in [0.25, 0.3) is 0 Å². The Kier molecular flexibility index (Phi) is 7.58. The average molecular weight is 330 g/mol. The minimum Gasteiger partial charge on any atom is -0.380 e. The van der Waals surface area contributed by atoms with Crippen molar-refractivity contribution in [3.8, 4) is 0 Å². The van der Waals surface area contributed by atoms with Gasteiger partial charge in [-0.05, 0) is 39.5 Å². The highest BCUT2D eigenvalue weighted by atomic mass is 32.1. The minimum absolute atomic E-state index is 0.183. The fourth-order valence-electron chi connectivity index (χ4n) is 1.41. The van der Waals surface area contributed by atoms with Gasteiger partial charge in [-0.1, -0.05) is 13.8 Å². The summed E-state index contributed by atoms with van der Waals surface area (Å²) >= 11 is 4.36. The van der Waals surface area contributed by atoms with Gasteiger partial charge in [-0.15, -0.1) is 0 Å². The fourth-order valence-corrected chi connectivity index (χ4v) is 1.50. The van der Waals surface area contributed by atoms with E-state index < -0.39 is 11.6 Å². The van der Waals surface area contributed by atoms with Gasteiger partial charge in [0.05, 0.1) is 25.2 Å². The average Bonchev–Trinajstić information content (AvgIpc) is 2.21. The Labute approximate surface area is 132 Å². The summed E-state index contributed by atoms with van der Waals surface area (Å²) in [5.41, 5.74) is -2.04. The molecule has 0 saturated heterocycles. The van der Waals surface area contributed by atoms with Crippen molar-refractivity contribution in [3.05, 3.63) is 0 Å². The maximum atomic E-state index is 12.7. The summed E-state index contributed by atoms with van der Waals surface area (Å²) < 4.78 is 48.8. The molecular formula is C15H29F3O2S. The Hall–Kier alpha value is 0.0600.